The Morgan fingerprint density at radius 2 is 1.71 bits per heavy atom. The van der Waals surface area contributed by atoms with Crippen molar-refractivity contribution < 1.29 is 29.3 Å². The molecule has 6 nitrogen and oxygen atoms in total. The largest absolute Gasteiger partial charge is 0.460 e. The molecule has 6 heteroatoms. The molecule has 2 saturated heterocycles. The van der Waals surface area contributed by atoms with Gasteiger partial charge in [0.25, 0.3) is 0 Å². The Labute approximate surface area is 201 Å². The molecule has 2 N–H and O–H groups in total. The van der Waals surface area contributed by atoms with Crippen LogP contribution in [0, 0.1) is 39.9 Å². The minimum absolute atomic E-state index is 0.143. The number of ketones is 1. The quantitative estimate of drug-likeness (QED) is 0.451. The highest BCUT2D eigenvalue weighted by Crippen LogP contribution is 2.74. The number of epoxide rings is 1. The molecule has 0 unspecified atom stereocenters. The van der Waals surface area contributed by atoms with Crippen molar-refractivity contribution in [2.75, 3.05) is 0 Å². The number of hydrogen-bond donors (Lipinski definition) is 2. The summed E-state index contributed by atoms with van der Waals surface area (Å²) in [5.74, 6) is 0.459. The molecule has 2 bridgehead atoms. The summed E-state index contributed by atoms with van der Waals surface area (Å²) in [6, 6.07) is 0. The van der Waals surface area contributed by atoms with E-state index in [9.17, 15) is 19.8 Å². The number of ether oxygens (including phenoxy) is 2. The van der Waals surface area contributed by atoms with Gasteiger partial charge in [-0.2, -0.15) is 0 Å². The molecule has 6 fully saturated rings. The van der Waals surface area contributed by atoms with Crippen LogP contribution >= 0.6 is 0 Å². The molecule has 0 aromatic heterocycles. The van der Waals surface area contributed by atoms with Gasteiger partial charge in [0, 0.05) is 11.3 Å². The lowest BCUT2D eigenvalue weighted by atomic mass is 9.44. The second-order valence-electron chi connectivity index (χ2n) is 13.8. The Bertz CT molecular complexity index is 1030. The van der Waals surface area contributed by atoms with Crippen molar-refractivity contribution in [1.82, 2.24) is 0 Å². The van der Waals surface area contributed by atoms with Gasteiger partial charge in [0.15, 0.2) is 11.4 Å². The van der Waals surface area contributed by atoms with Crippen LogP contribution in [0.1, 0.15) is 79.1 Å². The summed E-state index contributed by atoms with van der Waals surface area (Å²) in [6.45, 7) is 7.96. The number of fused-ring (bicyclic) bond motifs is 6. The van der Waals surface area contributed by atoms with Gasteiger partial charge in [0.05, 0.1) is 17.1 Å². The number of allylic oxidation sites excluding steroid dienone is 1. The monoisotopic (exact) mass is 470 g/mol. The number of carbonyl (C=O) groups excluding carboxylic acids is 2. The normalized spacial score (nSPS) is 63.5. The first-order chi connectivity index (χ1) is 15.8. The van der Waals surface area contributed by atoms with E-state index in [2.05, 4.69) is 13.8 Å². The average Bonchev–Trinajstić information content (AvgIpc) is 3.27. The molecule has 2 aliphatic heterocycles. The Morgan fingerprint density at radius 3 is 2.47 bits per heavy atom. The highest BCUT2D eigenvalue weighted by molar-refractivity contribution is 5.97. The van der Waals surface area contributed by atoms with Gasteiger partial charge < -0.3 is 19.7 Å². The van der Waals surface area contributed by atoms with E-state index in [1.54, 1.807) is 13.0 Å². The molecule has 4 saturated carbocycles. The SMILES string of the molecule is C[C@@]12C[C@@H]([C@@]3(O)CC[C@H]4[C@@H]5C[C@H]6O[C@]67CC=CC(=O)[C@]7(C)[C@H]5CC[C@@]43C)[C@@H](C1)OC(=O)[C@]2(C)O. The van der Waals surface area contributed by atoms with Crippen LogP contribution in [-0.4, -0.2) is 51.0 Å². The molecule has 0 aromatic carbocycles. The Balaban J connectivity index is 1.24. The maximum absolute atomic E-state index is 13.3. The Hall–Kier alpha value is -1.24. The van der Waals surface area contributed by atoms with Crippen molar-refractivity contribution in [3.8, 4) is 0 Å². The van der Waals surface area contributed by atoms with Crippen LogP contribution in [0.4, 0.5) is 0 Å². The maximum Gasteiger partial charge on any atom is 0.338 e. The van der Waals surface area contributed by atoms with Crippen LogP contribution in [0.15, 0.2) is 12.2 Å². The molecule has 7 rings (SSSR count). The molecule has 0 radical (unpaired) electrons. The van der Waals surface area contributed by atoms with E-state index in [4.69, 9.17) is 9.47 Å². The van der Waals surface area contributed by atoms with E-state index in [0.29, 0.717) is 31.1 Å². The number of aliphatic hydroxyl groups is 2. The van der Waals surface area contributed by atoms with Crippen molar-refractivity contribution in [2.24, 2.45) is 39.9 Å². The molecule has 7 aliphatic rings. The van der Waals surface area contributed by atoms with Gasteiger partial charge in [-0.05, 0) is 94.5 Å². The first-order valence-electron chi connectivity index (χ1n) is 13.4. The highest BCUT2D eigenvalue weighted by Gasteiger charge is 2.79. The van der Waals surface area contributed by atoms with Gasteiger partial charge in [-0.3, -0.25) is 4.79 Å². The van der Waals surface area contributed by atoms with Crippen molar-refractivity contribution >= 4 is 11.8 Å². The van der Waals surface area contributed by atoms with Gasteiger partial charge >= 0.3 is 5.97 Å². The lowest BCUT2D eigenvalue weighted by Crippen LogP contribution is -2.62. The summed E-state index contributed by atoms with van der Waals surface area (Å²) in [4.78, 5) is 25.9. The molecule has 0 amide bonds. The number of esters is 1. The van der Waals surface area contributed by atoms with Crippen molar-refractivity contribution in [2.45, 2.75) is 108 Å². The fourth-order valence-electron chi connectivity index (χ4n) is 10.5. The molecule has 186 valence electrons. The topological polar surface area (TPSA) is 96.4 Å². The molecular formula is C28H38O6. The number of carbonyl (C=O) groups is 2. The van der Waals surface area contributed by atoms with Gasteiger partial charge in [-0.15, -0.1) is 0 Å². The van der Waals surface area contributed by atoms with Crippen LogP contribution in [0.25, 0.3) is 0 Å². The summed E-state index contributed by atoms with van der Waals surface area (Å²) < 4.78 is 12.1. The predicted molar refractivity (Wildman–Crippen MR) is 122 cm³/mol. The fraction of sp³-hybridized carbons (Fsp3) is 0.857. The average molecular weight is 471 g/mol. The summed E-state index contributed by atoms with van der Waals surface area (Å²) >= 11 is 0. The molecule has 1 spiro atoms. The van der Waals surface area contributed by atoms with Crippen LogP contribution in [0.2, 0.25) is 0 Å². The Morgan fingerprint density at radius 1 is 0.971 bits per heavy atom. The fourth-order valence-corrected chi connectivity index (χ4v) is 10.5. The van der Waals surface area contributed by atoms with E-state index in [1.165, 1.54) is 0 Å². The van der Waals surface area contributed by atoms with Gasteiger partial charge in [-0.1, -0.05) is 19.9 Å². The zero-order valence-electron chi connectivity index (χ0n) is 20.8. The third-order valence-electron chi connectivity index (χ3n) is 13.0. The van der Waals surface area contributed by atoms with Gasteiger partial charge in [-0.25, -0.2) is 4.79 Å². The van der Waals surface area contributed by atoms with Crippen molar-refractivity contribution in [1.29, 1.82) is 0 Å². The molecular weight excluding hydrogens is 432 g/mol. The third-order valence-corrected chi connectivity index (χ3v) is 13.0. The molecule has 12 atom stereocenters. The zero-order valence-corrected chi connectivity index (χ0v) is 20.8. The highest BCUT2D eigenvalue weighted by atomic mass is 16.6. The van der Waals surface area contributed by atoms with E-state index in [0.717, 1.165) is 32.1 Å². The third kappa shape index (κ3) is 2.11. The van der Waals surface area contributed by atoms with E-state index in [-0.39, 0.29) is 40.8 Å². The van der Waals surface area contributed by atoms with Crippen molar-refractivity contribution in [3.63, 3.8) is 0 Å². The summed E-state index contributed by atoms with van der Waals surface area (Å²) in [5.41, 5.74) is -4.13. The molecule has 34 heavy (non-hydrogen) atoms. The number of hydrogen-bond acceptors (Lipinski definition) is 6. The summed E-state index contributed by atoms with van der Waals surface area (Å²) in [6.07, 6.45) is 10.00. The zero-order chi connectivity index (χ0) is 24.1. The second-order valence-corrected chi connectivity index (χ2v) is 13.8. The van der Waals surface area contributed by atoms with Gasteiger partial charge in [0.2, 0.25) is 0 Å². The number of rotatable bonds is 1. The minimum Gasteiger partial charge on any atom is -0.460 e. The van der Waals surface area contributed by atoms with Crippen LogP contribution in [0.3, 0.4) is 0 Å². The van der Waals surface area contributed by atoms with E-state index >= 15 is 0 Å². The maximum atomic E-state index is 13.3. The lowest BCUT2D eigenvalue weighted by molar-refractivity contribution is -0.200. The summed E-state index contributed by atoms with van der Waals surface area (Å²) in [7, 11) is 0. The van der Waals surface area contributed by atoms with Crippen LogP contribution < -0.4 is 0 Å². The first-order valence-corrected chi connectivity index (χ1v) is 13.4. The Kier molecular flexibility index (Phi) is 3.88. The minimum atomic E-state index is -1.52. The summed E-state index contributed by atoms with van der Waals surface area (Å²) in [5, 5.41) is 23.5. The smallest absolute Gasteiger partial charge is 0.338 e. The van der Waals surface area contributed by atoms with Crippen molar-refractivity contribution in [3.05, 3.63) is 12.2 Å². The van der Waals surface area contributed by atoms with Crippen LogP contribution in [0.5, 0.6) is 0 Å². The predicted octanol–water partition coefficient (Wildman–Crippen LogP) is 3.33. The first kappa shape index (κ1) is 22.0. The van der Waals surface area contributed by atoms with Gasteiger partial charge in [0.1, 0.15) is 11.7 Å². The lowest BCUT2D eigenvalue weighted by Gasteiger charge is -2.59. The van der Waals surface area contributed by atoms with E-state index in [1.807, 2.05) is 13.0 Å². The molecule has 2 heterocycles. The van der Waals surface area contributed by atoms with Crippen LogP contribution in [-0.2, 0) is 19.1 Å². The standard InChI is InChI=1S/C28H38O6/c1-23-13-18(19(14-23)33-22(30)26(23,4)31)27(32)11-8-16-15-12-21-28(34-21)9-5-6-20(29)25(28,3)17(15)7-10-24(16,27)2/h5-6,15-19,21,31-32H,7-14H2,1-4H3/t15-,16-,17-,18+,19+,21+,23+,24-,25-,26-,27-,28+/m0/s1. The second kappa shape index (κ2) is 6.00. The molecule has 5 aliphatic carbocycles. The van der Waals surface area contributed by atoms with E-state index < -0.39 is 28.0 Å². The molecule has 0 aromatic rings.